The maximum atomic E-state index is 12.0. The molecule has 0 spiro atoms. The number of nitrogens with zero attached hydrogens (tertiary/aromatic N) is 2. The van der Waals surface area contributed by atoms with Crippen LogP contribution in [0.1, 0.15) is 5.56 Å². The Labute approximate surface area is 113 Å². The molecule has 0 bridgehead atoms. The van der Waals surface area contributed by atoms with E-state index in [2.05, 4.69) is 10.2 Å². The van der Waals surface area contributed by atoms with Crippen LogP contribution in [0.2, 0.25) is 5.15 Å². The van der Waals surface area contributed by atoms with Crippen LogP contribution < -0.4 is 5.63 Å². The molecule has 0 atom stereocenters. The molecule has 4 nitrogen and oxygen atoms in total. The highest BCUT2D eigenvalue weighted by Crippen LogP contribution is 2.21. The lowest BCUT2D eigenvalue weighted by Crippen LogP contribution is -2.04. The molecule has 94 valence electrons. The van der Waals surface area contributed by atoms with Crippen molar-refractivity contribution >= 4 is 22.6 Å². The molecular formula is C14H9ClN2O2. The third-order valence-electron chi connectivity index (χ3n) is 2.86. The van der Waals surface area contributed by atoms with Crippen LogP contribution in [0.5, 0.6) is 0 Å². The Bertz CT molecular complexity index is 810. The molecule has 0 N–H and O–H groups in total. The molecule has 0 fully saturated rings. The number of hydrogen-bond acceptors (Lipinski definition) is 4. The minimum atomic E-state index is -0.432. The van der Waals surface area contributed by atoms with E-state index in [4.69, 9.17) is 16.0 Å². The van der Waals surface area contributed by atoms with Crippen molar-refractivity contribution in [1.29, 1.82) is 0 Å². The summed E-state index contributed by atoms with van der Waals surface area (Å²) in [6.07, 6.45) is 0. The van der Waals surface area contributed by atoms with Gasteiger partial charge in [0.15, 0.2) is 5.15 Å². The third kappa shape index (κ3) is 2.11. The van der Waals surface area contributed by atoms with Gasteiger partial charge < -0.3 is 4.42 Å². The summed E-state index contributed by atoms with van der Waals surface area (Å²) < 4.78 is 5.35. The minimum absolute atomic E-state index is 0.282. The van der Waals surface area contributed by atoms with Gasteiger partial charge in [0.2, 0.25) is 0 Å². The molecular weight excluding hydrogens is 264 g/mol. The van der Waals surface area contributed by atoms with E-state index in [9.17, 15) is 4.79 Å². The van der Waals surface area contributed by atoms with Crippen LogP contribution in [0.25, 0.3) is 22.2 Å². The molecule has 0 radical (unpaired) electrons. The van der Waals surface area contributed by atoms with Gasteiger partial charge in [-0.2, -0.15) is 0 Å². The number of rotatable bonds is 1. The first-order valence-electron chi connectivity index (χ1n) is 5.68. The highest BCUT2D eigenvalue weighted by molar-refractivity contribution is 6.29. The van der Waals surface area contributed by atoms with Crippen molar-refractivity contribution < 1.29 is 4.42 Å². The number of benzene rings is 1. The molecule has 3 aromatic rings. The van der Waals surface area contributed by atoms with Gasteiger partial charge in [0.05, 0.1) is 5.56 Å². The fourth-order valence-electron chi connectivity index (χ4n) is 1.93. The molecule has 0 aliphatic heterocycles. The summed E-state index contributed by atoms with van der Waals surface area (Å²) in [7, 11) is 0. The van der Waals surface area contributed by atoms with Crippen LogP contribution in [0.15, 0.2) is 45.6 Å². The molecule has 0 saturated carbocycles. The summed E-state index contributed by atoms with van der Waals surface area (Å²) in [5.41, 5.74) is 1.91. The largest absolute Gasteiger partial charge is 0.422 e. The van der Waals surface area contributed by atoms with Crippen LogP contribution in [0.3, 0.4) is 0 Å². The van der Waals surface area contributed by atoms with E-state index in [1.54, 1.807) is 18.2 Å². The Morgan fingerprint density at radius 2 is 2.00 bits per heavy atom. The van der Waals surface area contributed by atoms with Crippen molar-refractivity contribution in [2.75, 3.05) is 0 Å². The van der Waals surface area contributed by atoms with E-state index in [0.29, 0.717) is 16.8 Å². The Morgan fingerprint density at radius 1 is 1.16 bits per heavy atom. The number of aromatic nitrogens is 2. The summed E-state index contributed by atoms with van der Waals surface area (Å²) in [5.74, 6) is 0. The highest BCUT2D eigenvalue weighted by Gasteiger charge is 2.10. The second-order valence-corrected chi connectivity index (χ2v) is 4.57. The molecule has 2 heterocycles. The zero-order chi connectivity index (χ0) is 13.4. The second kappa shape index (κ2) is 4.48. The zero-order valence-corrected chi connectivity index (χ0v) is 10.8. The molecule has 19 heavy (non-hydrogen) atoms. The van der Waals surface area contributed by atoms with Gasteiger partial charge in [-0.1, -0.05) is 29.8 Å². The third-order valence-corrected chi connectivity index (χ3v) is 3.07. The van der Waals surface area contributed by atoms with Gasteiger partial charge in [-0.05, 0) is 30.7 Å². The Morgan fingerprint density at radius 3 is 2.74 bits per heavy atom. The van der Waals surface area contributed by atoms with Gasteiger partial charge in [0, 0.05) is 5.39 Å². The summed E-state index contributed by atoms with van der Waals surface area (Å²) in [6, 6.07) is 10.7. The fourth-order valence-corrected chi connectivity index (χ4v) is 2.03. The SMILES string of the molecule is Cc1cccc2cc(-c3ccc(Cl)nn3)c(=O)oc12. The van der Waals surface area contributed by atoms with E-state index in [1.165, 1.54) is 0 Å². The van der Waals surface area contributed by atoms with E-state index < -0.39 is 5.63 Å². The number of halogens is 1. The van der Waals surface area contributed by atoms with Gasteiger partial charge in [-0.25, -0.2) is 4.79 Å². The summed E-state index contributed by atoms with van der Waals surface area (Å²) in [5, 5.41) is 8.76. The van der Waals surface area contributed by atoms with Crippen LogP contribution in [-0.4, -0.2) is 10.2 Å². The topological polar surface area (TPSA) is 56.0 Å². The first-order valence-corrected chi connectivity index (χ1v) is 6.06. The fraction of sp³-hybridized carbons (Fsp3) is 0.0714. The average molecular weight is 273 g/mol. The predicted octanol–water partition coefficient (Wildman–Crippen LogP) is 3.21. The van der Waals surface area contributed by atoms with E-state index in [0.717, 1.165) is 10.9 Å². The van der Waals surface area contributed by atoms with Gasteiger partial charge in [-0.3, -0.25) is 0 Å². The Hall–Kier alpha value is -2.20. The molecule has 2 aromatic heterocycles. The molecule has 3 rings (SSSR count). The van der Waals surface area contributed by atoms with Crippen molar-refractivity contribution in [2.45, 2.75) is 6.92 Å². The predicted molar refractivity (Wildman–Crippen MR) is 73.3 cm³/mol. The van der Waals surface area contributed by atoms with Gasteiger partial charge in [0.1, 0.15) is 11.3 Å². The lowest BCUT2D eigenvalue weighted by molar-refractivity contribution is 0.560. The maximum absolute atomic E-state index is 12.0. The number of fused-ring (bicyclic) bond motifs is 1. The molecule has 0 amide bonds. The minimum Gasteiger partial charge on any atom is -0.422 e. The smallest absolute Gasteiger partial charge is 0.345 e. The van der Waals surface area contributed by atoms with Crippen LogP contribution >= 0.6 is 11.6 Å². The van der Waals surface area contributed by atoms with Gasteiger partial charge in [0.25, 0.3) is 0 Å². The van der Waals surface area contributed by atoms with E-state index in [1.807, 2.05) is 25.1 Å². The standard InChI is InChI=1S/C14H9ClN2O2/c1-8-3-2-4-9-7-10(14(18)19-13(8)9)11-5-6-12(15)17-16-11/h2-7H,1H3. The first kappa shape index (κ1) is 11.9. The van der Waals surface area contributed by atoms with Crippen LogP contribution in [0.4, 0.5) is 0 Å². The zero-order valence-electron chi connectivity index (χ0n) is 10.1. The van der Waals surface area contributed by atoms with Crippen LogP contribution in [0, 0.1) is 6.92 Å². The lowest BCUT2D eigenvalue weighted by atomic mass is 10.1. The van der Waals surface area contributed by atoms with Gasteiger partial charge in [-0.15, -0.1) is 10.2 Å². The van der Waals surface area contributed by atoms with Crippen molar-refractivity contribution in [3.05, 3.63) is 57.5 Å². The van der Waals surface area contributed by atoms with Crippen molar-refractivity contribution in [2.24, 2.45) is 0 Å². The van der Waals surface area contributed by atoms with E-state index >= 15 is 0 Å². The highest BCUT2D eigenvalue weighted by atomic mass is 35.5. The second-order valence-electron chi connectivity index (χ2n) is 4.18. The summed E-state index contributed by atoms with van der Waals surface area (Å²) in [6.45, 7) is 1.90. The lowest BCUT2D eigenvalue weighted by Gasteiger charge is -2.03. The molecule has 5 heteroatoms. The Kier molecular flexibility index (Phi) is 2.80. The molecule has 0 unspecified atom stereocenters. The molecule has 0 aliphatic rings. The first-order chi connectivity index (χ1) is 9.15. The quantitative estimate of drug-likeness (QED) is 0.638. The number of para-hydroxylation sites is 1. The summed E-state index contributed by atoms with van der Waals surface area (Å²) >= 11 is 5.68. The monoisotopic (exact) mass is 272 g/mol. The number of hydrogen-bond donors (Lipinski definition) is 0. The van der Waals surface area contributed by atoms with Crippen molar-refractivity contribution in [1.82, 2.24) is 10.2 Å². The van der Waals surface area contributed by atoms with Crippen molar-refractivity contribution in [3.63, 3.8) is 0 Å². The van der Waals surface area contributed by atoms with E-state index in [-0.39, 0.29) is 5.15 Å². The molecule has 1 aromatic carbocycles. The number of aryl methyl sites for hydroxylation is 1. The van der Waals surface area contributed by atoms with Crippen LogP contribution in [-0.2, 0) is 0 Å². The average Bonchev–Trinajstić information content (AvgIpc) is 2.40. The molecule has 0 aliphatic carbocycles. The maximum Gasteiger partial charge on any atom is 0.345 e. The van der Waals surface area contributed by atoms with Crippen molar-refractivity contribution in [3.8, 4) is 11.3 Å². The Balaban J connectivity index is 2.28. The molecule has 0 saturated heterocycles. The summed E-state index contributed by atoms with van der Waals surface area (Å²) in [4.78, 5) is 12.0. The normalized spacial score (nSPS) is 10.8. The van der Waals surface area contributed by atoms with Gasteiger partial charge >= 0.3 is 5.63 Å².